The van der Waals surface area contributed by atoms with Gasteiger partial charge in [-0.05, 0) is 17.5 Å². The van der Waals surface area contributed by atoms with E-state index in [-0.39, 0.29) is 5.41 Å². The zero-order chi connectivity index (χ0) is 12.8. The van der Waals surface area contributed by atoms with Crippen LogP contribution in [0.5, 0.6) is 0 Å². The molecule has 18 heavy (non-hydrogen) atoms. The zero-order valence-corrected chi connectivity index (χ0v) is 10.5. The molecule has 0 aromatic heterocycles. The van der Waals surface area contributed by atoms with Gasteiger partial charge in [-0.1, -0.05) is 66.7 Å². The lowest BCUT2D eigenvalue weighted by Crippen LogP contribution is -2.35. The number of hydrogen-bond donors (Lipinski definition) is 1. The Morgan fingerprint density at radius 1 is 0.889 bits per heavy atom. The van der Waals surface area contributed by atoms with Gasteiger partial charge in [0.05, 0.1) is 0 Å². The normalized spacial score (nSPS) is 11.2. The maximum Gasteiger partial charge on any atom is 0.0359 e. The highest BCUT2D eigenvalue weighted by molar-refractivity contribution is 5.40. The van der Waals surface area contributed by atoms with E-state index in [9.17, 15) is 0 Å². The molecule has 1 nitrogen and oxygen atoms in total. The number of rotatable bonds is 5. The Bertz CT molecular complexity index is 448. The molecule has 0 heterocycles. The first kappa shape index (κ1) is 12.6. The van der Waals surface area contributed by atoms with Crippen molar-refractivity contribution in [1.29, 1.82) is 0 Å². The van der Waals surface area contributed by atoms with Crippen LogP contribution in [0, 0.1) is 0 Å². The number of nitrogens with two attached hydrogens (primary N) is 1. The van der Waals surface area contributed by atoms with Gasteiger partial charge < -0.3 is 5.73 Å². The first-order chi connectivity index (χ1) is 8.83. The third-order valence-electron chi connectivity index (χ3n) is 3.49. The summed E-state index contributed by atoms with van der Waals surface area (Å²) in [5, 5.41) is 0. The van der Waals surface area contributed by atoms with E-state index in [1.807, 2.05) is 18.2 Å². The van der Waals surface area contributed by atoms with E-state index in [4.69, 9.17) is 5.73 Å². The molecule has 0 amide bonds. The second kappa shape index (κ2) is 5.65. The fourth-order valence-electron chi connectivity index (χ4n) is 2.48. The van der Waals surface area contributed by atoms with Gasteiger partial charge in [-0.2, -0.15) is 0 Å². The van der Waals surface area contributed by atoms with Gasteiger partial charge in [0, 0.05) is 12.0 Å². The zero-order valence-electron chi connectivity index (χ0n) is 10.5. The summed E-state index contributed by atoms with van der Waals surface area (Å²) in [6.07, 6.45) is 2.80. The highest BCUT2D eigenvalue weighted by Crippen LogP contribution is 2.34. The summed E-state index contributed by atoms with van der Waals surface area (Å²) in [5.74, 6) is 0. The van der Waals surface area contributed by atoms with Gasteiger partial charge in [-0.25, -0.2) is 0 Å². The number of benzene rings is 2. The third kappa shape index (κ3) is 2.22. The van der Waals surface area contributed by atoms with Crippen LogP contribution < -0.4 is 5.73 Å². The molecule has 92 valence electrons. The summed E-state index contributed by atoms with van der Waals surface area (Å²) in [5.41, 5.74) is 8.45. The quantitative estimate of drug-likeness (QED) is 0.791. The molecule has 1 heteroatoms. The highest BCUT2D eigenvalue weighted by atomic mass is 14.6. The Labute approximate surface area is 109 Å². The summed E-state index contributed by atoms with van der Waals surface area (Å²) in [4.78, 5) is 0. The van der Waals surface area contributed by atoms with Crippen LogP contribution >= 0.6 is 0 Å². The van der Waals surface area contributed by atoms with E-state index < -0.39 is 0 Å². The number of allylic oxidation sites excluding steroid dienone is 1. The van der Waals surface area contributed by atoms with Crippen molar-refractivity contribution in [1.82, 2.24) is 0 Å². The largest absolute Gasteiger partial charge is 0.329 e. The van der Waals surface area contributed by atoms with Crippen LogP contribution in [0.4, 0.5) is 0 Å². The van der Waals surface area contributed by atoms with Crippen molar-refractivity contribution in [2.24, 2.45) is 5.73 Å². The van der Waals surface area contributed by atoms with Crippen LogP contribution in [0.2, 0.25) is 0 Å². The molecule has 2 rings (SSSR count). The smallest absolute Gasteiger partial charge is 0.0359 e. The molecule has 0 aliphatic carbocycles. The van der Waals surface area contributed by atoms with E-state index >= 15 is 0 Å². The van der Waals surface area contributed by atoms with Crippen LogP contribution in [0.25, 0.3) is 0 Å². The summed E-state index contributed by atoms with van der Waals surface area (Å²) in [6.45, 7) is 4.47. The van der Waals surface area contributed by atoms with Crippen molar-refractivity contribution in [3.05, 3.63) is 84.4 Å². The topological polar surface area (TPSA) is 26.0 Å². The van der Waals surface area contributed by atoms with E-state index in [0.717, 1.165) is 6.42 Å². The minimum atomic E-state index is -0.162. The summed E-state index contributed by atoms with van der Waals surface area (Å²) < 4.78 is 0. The van der Waals surface area contributed by atoms with Crippen LogP contribution in [0.3, 0.4) is 0 Å². The van der Waals surface area contributed by atoms with Gasteiger partial charge in [0.1, 0.15) is 0 Å². The van der Waals surface area contributed by atoms with Crippen molar-refractivity contribution in [3.63, 3.8) is 0 Å². The van der Waals surface area contributed by atoms with E-state index in [0.29, 0.717) is 6.54 Å². The van der Waals surface area contributed by atoms with Crippen molar-refractivity contribution in [2.45, 2.75) is 11.8 Å². The van der Waals surface area contributed by atoms with Crippen LogP contribution in [-0.2, 0) is 5.41 Å². The molecule has 0 unspecified atom stereocenters. The molecule has 0 saturated heterocycles. The van der Waals surface area contributed by atoms with Crippen molar-refractivity contribution < 1.29 is 0 Å². The average molecular weight is 237 g/mol. The fraction of sp³-hybridized carbons (Fsp3) is 0.176. The number of hydrogen-bond acceptors (Lipinski definition) is 1. The Morgan fingerprint density at radius 2 is 1.33 bits per heavy atom. The Hall–Kier alpha value is -1.86. The van der Waals surface area contributed by atoms with E-state index in [2.05, 4.69) is 55.1 Å². The molecular weight excluding hydrogens is 218 g/mol. The average Bonchev–Trinajstić information content (AvgIpc) is 2.47. The molecule has 0 aliphatic rings. The first-order valence-electron chi connectivity index (χ1n) is 6.25. The summed E-state index contributed by atoms with van der Waals surface area (Å²) >= 11 is 0. The molecular formula is C17H19N. The Kier molecular flexibility index (Phi) is 3.96. The Balaban J connectivity index is 2.57. The summed E-state index contributed by atoms with van der Waals surface area (Å²) in [7, 11) is 0. The molecule has 0 bridgehead atoms. The molecule has 0 atom stereocenters. The first-order valence-corrected chi connectivity index (χ1v) is 6.25. The predicted octanol–water partition coefficient (Wildman–Crippen LogP) is 3.51. The van der Waals surface area contributed by atoms with Gasteiger partial charge in [-0.3, -0.25) is 0 Å². The van der Waals surface area contributed by atoms with E-state index in [1.54, 1.807) is 0 Å². The lowest BCUT2D eigenvalue weighted by Gasteiger charge is -2.33. The minimum absolute atomic E-state index is 0.162. The molecule has 2 N–H and O–H groups in total. The Morgan fingerprint density at radius 3 is 1.67 bits per heavy atom. The SMILES string of the molecule is C=CCC(CN)(c1ccccc1)c1ccccc1. The molecule has 2 aromatic rings. The second-order valence-electron chi connectivity index (χ2n) is 4.51. The maximum absolute atomic E-state index is 6.11. The molecule has 0 fully saturated rings. The fourth-order valence-corrected chi connectivity index (χ4v) is 2.48. The molecule has 0 radical (unpaired) electrons. The second-order valence-corrected chi connectivity index (χ2v) is 4.51. The van der Waals surface area contributed by atoms with Gasteiger partial charge in [0.15, 0.2) is 0 Å². The highest BCUT2D eigenvalue weighted by Gasteiger charge is 2.31. The predicted molar refractivity (Wildman–Crippen MR) is 77.5 cm³/mol. The van der Waals surface area contributed by atoms with Gasteiger partial charge in [-0.15, -0.1) is 6.58 Å². The standard InChI is InChI=1S/C17H19N/c1-2-13-17(14-18,15-9-5-3-6-10-15)16-11-7-4-8-12-16/h2-12H,1,13-14,18H2. The van der Waals surface area contributed by atoms with Crippen LogP contribution in [-0.4, -0.2) is 6.54 Å². The van der Waals surface area contributed by atoms with Crippen molar-refractivity contribution >= 4 is 0 Å². The van der Waals surface area contributed by atoms with Crippen molar-refractivity contribution in [2.75, 3.05) is 6.54 Å². The molecule has 0 spiro atoms. The van der Waals surface area contributed by atoms with Crippen LogP contribution in [0.15, 0.2) is 73.3 Å². The van der Waals surface area contributed by atoms with Crippen molar-refractivity contribution in [3.8, 4) is 0 Å². The van der Waals surface area contributed by atoms with Gasteiger partial charge in [0.25, 0.3) is 0 Å². The van der Waals surface area contributed by atoms with Gasteiger partial charge >= 0.3 is 0 Å². The molecule has 0 saturated carbocycles. The lowest BCUT2D eigenvalue weighted by molar-refractivity contribution is 0.533. The third-order valence-corrected chi connectivity index (χ3v) is 3.49. The minimum Gasteiger partial charge on any atom is -0.329 e. The van der Waals surface area contributed by atoms with Gasteiger partial charge in [0.2, 0.25) is 0 Å². The molecule has 2 aromatic carbocycles. The monoisotopic (exact) mass is 237 g/mol. The maximum atomic E-state index is 6.11. The lowest BCUT2D eigenvalue weighted by atomic mass is 9.72. The molecule has 0 aliphatic heterocycles. The van der Waals surface area contributed by atoms with Crippen LogP contribution in [0.1, 0.15) is 17.5 Å². The van der Waals surface area contributed by atoms with E-state index in [1.165, 1.54) is 11.1 Å². The summed E-state index contributed by atoms with van der Waals surface area (Å²) in [6, 6.07) is 20.9.